The molecule has 0 fully saturated rings. The van der Waals surface area contributed by atoms with Gasteiger partial charge >= 0.3 is 0 Å². The van der Waals surface area contributed by atoms with E-state index in [2.05, 4.69) is 4.57 Å². The van der Waals surface area contributed by atoms with Crippen LogP contribution >= 0.6 is 11.6 Å². The van der Waals surface area contributed by atoms with Crippen molar-refractivity contribution in [3.05, 3.63) is 52.9 Å². The number of carbonyl (C=O) groups excluding carboxylic acids is 1. The van der Waals surface area contributed by atoms with Gasteiger partial charge < -0.3 is 24.3 Å². The highest BCUT2D eigenvalue weighted by molar-refractivity contribution is 6.18. The topological polar surface area (TPSA) is 80.9 Å². The van der Waals surface area contributed by atoms with Crippen LogP contribution in [0.5, 0.6) is 23.0 Å². The van der Waals surface area contributed by atoms with Gasteiger partial charge in [0.05, 0.1) is 7.11 Å². The summed E-state index contributed by atoms with van der Waals surface area (Å²) in [6, 6.07) is 8.29. The van der Waals surface area contributed by atoms with Gasteiger partial charge in [-0.05, 0) is 44.0 Å². The van der Waals surface area contributed by atoms with Crippen LogP contribution in [0.25, 0.3) is 17.0 Å². The van der Waals surface area contributed by atoms with Crippen LogP contribution in [0.2, 0.25) is 0 Å². The third kappa shape index (κ3) is 3.37. The fourth-order valence-electron chi connectivity index (χ4n) is 3.86. The van der Waals surface area contributed by atoms with Gasteiger partial charge in [-0.2, -0.15) is 0 Å². The molecule has 7 heteroatoms. The number of aryl methyl sites for hydroxylation is 1. The zero-order valence-electron chi connectivity index (χ0n) is 16.7. The molecule has 1 aliphatic rings. The molecule has 0 aliphatic carbocycles. The zero-order chi connectivity index (χ0) is 21.4. The number of aromatic nitrogens is 1. The van der Waals surface area contributed by atoms with Gasteiger partial charge in [0.1, 0.15) is 28.6 Å². The molecule has 0 bridgehead atoms. The molecule has 1 aromatic heterocycles. The van der Waals surface area contributed by atoms with Crippen LogP contribution in [0.15, 0.2) is 36.1 Å². The quantitative estimate of drug-likeness (QED) is 0.328. The molecule has 2 N–H and O–H groups in total. The highest BCUT2D eigenvalue weighted by Gasteiger charge is 2.32. The Bertz CT molecular complexity index is 1180. The average Bonchev–Trinajstić information content (AvgIpc) is 3.16. The molecule has 0 radical (unpaired) electrons. The number of alkyl halides is 1. The number of ketones is 1. The highest BCUT2D eigenvalue weighted by Crippen LogP contribution is 2.41. The number of ether oxygens (including phenoxy) is 2. The Kier molecular flexibility index (Phi) is 5.35. The lowest BCUT2D eigenvalue weighted by Gasteiger charge is -2.08. The minimum absolute atomic E-state index is 0.0557. The van der Waals surface area contributed by atoms with Crippen molar-refractivity contribution >= 4 is 34.4 Å². The van der Waals surface area contributed by atoms with E-state index in [1.165, 1.54) is 6.07 Å². The lowest BCUT2D eigenvalue weighted by atomic mass is 10.1. The molecule has 0 atom stereocenters. The van der Waals surface area contributed by atoms with E-state index >= 15 is 0 Å². The average molecular weight is 428 g/mol. The number of phenols is 2. The monoisotopic (exact) mass is 427 g/mol. The van der Waals surface area contributed by atoms with E-state index in [4.69, 9.17) is 21.1 Å². The SMILES string of the molecule is COc1ccc2c(c1)c(/C=C1\Oc3cc(O)cc(O)c3C1=O)c(C)n2CCCCCl. The number of hydrogen-bond acceptors (Lipinski definition) is 5. The van der Waals surface area contributed by atoms with Crippen LogP contribution in [-0.4, -0.2) is 33.6 Å². The number of hydrogen-bond donors (Lipinski definition) is 2. The smallest absolute Gasteiger partial charge is 0.235 e. The molecular formula is C23H22ClNO5. The van der Waals surface area contributed by atoms with Gasteiger partial charge in [0.2, 0.25) is 5.78 Å². The number of phenolic OH excluding ortho intramolecular Hbond substituents is 2. The predicted molar refractivity (Wildman–Crippen MR) is 116 cm³/mol. The van der Waals surface area contributed by atoms with Crippen molar-refractivity contribution in [2.24, 2.45) is 0 Å². The lowest BCUT2D eigenvalue weighted by molar-refractivity contribution is 0.101. The van der Waals surface area contributed by atoms with Crippen molar-refractivity contribution < 1.29 is 24.5 Å². The molecule has 1 aliphatic heterocycles. The predicted octanol–water partition coefficient (Wildman–Crippen LogP) is 5.00. The number of nitrogens with zero attached hydrogens (tertiary/aromatic N) is 1. The van der Waals surface area contributed by atoms with Gasteiger partial charge in [-0.1, -0.05) is 0 Å². The zero-order valence-corrected chi connectivity index (χ0v) is 17.5. The van der Waals surface area contributed by atoms with Gasteiger partial charge in [0.25, 0.3) is 0 Å². The van der Waals surface area contributed by atoms with Gasteiger partial charge in [0, 0.05) is 46.7 Å². The molecule has 0 spiro atoms. The van der Waals surface area contributed by atoms with Gasteiger partial charge in [-0.3, -0.25) is 4.79 Å². The third-order valence-electron chi connectivity index (χ3n) is 5.36. The van der Waals surface area contributed by atoms with Crippen LogP contribution in [0, 0.1) is 6.92 Å². The summed E-state index contributed by atoms with van der Waals surface area (Å²) in [5.41, 5.74) is 2.91. The van der Waals surface area contributed by atoms with Crippen LogP contribution in [-0.2, 0) is 6.54 Å². The number of allylic oxidation sites excluding steroid dienone is 1. The Labute approximate surface area is 178 Å². The normalized spacial score (nSPS) is 14.4. The van der Waals surface area contributed by atoms with Crippen molar-refractivity contribution in [1.29, 1.82) is 0 Å². The summed E-state index contributed by atoms with van der Waals surface area (Å²) in [6.07, 6.45) is 3.53. The van der Waals surface area contributed by atoms with Crippen LogP contribution in [0.3, 0.4) is 0 Å². The number of carbonyl (C=O) groups is 1. The summed E-state index contributed by atoms with van der Waals surface area (Å²) < 4.78 is 13.3. The molecule has 156 valence electrons. The summed E-state index contributed by atoms with van der Waals surface area (Å²) in [5, 5.41) is 20.7. The number of Topliss-reactive ketones (excluding diaryl/α,β-unsaturated/α-hetero) is 1. The number of halogens is 1. The molecule has 30 heavy (non-hydrogen) atoms. The maximum Gasteiger partial charge on any atom is 0.235 e. The van der Waals surface area contributed by atoms with E-state index in [-0.39, 0.29) is 28.6 Å². The summed E-state index contributed by atoms with van der Waals surface area (Å²) in [7, 11) is 1.61. The largest absolute Gasteiger partial charge is 0.508 e. The fourth-order valence-corrected chi connectivity index (χ4v) is 4.05. The molecule has 0 saturated carbocycles. The van der Waals surface area contributed by atoms with E-state index in [0.717, 1.165) is 47.6 Å². The Morgan fingerprint density at radius 1 is 1.20 bits per heavy atom. The van der Waals surface area contributed by atoms with E-state index in [1.807, 2.05) is 25.1 Å². The number of benzene rings is 2. The summed E-state index contributed by atoms with van der Waals surface area (Å²) in [4.78, 5) is 12.8. The Morgan fingerprint density at radius 3 is 2.73 bits per heavy atom. The molecular weight excluding hydrogens is 406 g/mol. The third-order valence-corrected chi connectivity index (χ3v) is 5.62. The maximum absolute atomic E-state index is 12.8. The number of unbranched alkanes of at least 4 members (excludes halogenated alkanes) is 1. The molecule has 0 saturated heterocycles. The maximum atomic E-state index is 12.8. The fraction of sp³-hybridized carbons (Fsp3) is 0.261. The summed E-state index contributed by atoms with van der Waals surface area (Å²) >= 11 is 5.84. The van der Waals surface area contributed by atoms with E-state index < -0.39 is 5.78 Å². The second kappa shape index (κ2) is 7.95. The van der Waals surface area contributed by atoms with Gasteiger partial charge in [0.15, 0.2) is 5.76 Å². The van der Waals surface area contributed by atoms with Crippen molar-refractivity contribution in [2.75, 3.05) is 13.0 Å². The molecule has 0 unspecified atom stereocenters. The Balaban J connectivity index is 1.83. The number of aromatic hydroxyl groups is 2. The van der Waals surface area contributed by atoms with Crippen molar-refractivity contribution in [1.82, 2.24) is 4.57 Å². The van der Waals surface area contributed by atoms with Gasteiger partial charge in [-0.15, -0.1) is 11.6 Å². The van der Waals surface area contributed by atoms with E-state index in [9.17, 15) is 15.0 Å². The van der Waals surface area contributed by atoms with Crippen molar-refractivity contribution in [3.63, 3.8) is 0 Å². The summed E-state index contributed by atoms with van der Waals surface area (Å²) in [5.74, 6) is 0.663. The van der Waals surface area contributed by atoms with Gasteiger partial charge in [-0.25, -0.2) is 0 Å². The first-order valence-corrected chi connectivity index (χ1v) is 10.2. The summed E-state index contributed by atoms with van der Waals surface area (Å²) in [6.45, 7) is 2.80. The lowest BCUT2D eigenvalue weighted by Crippen LogP contribution is -2.02. The van der Waals surface area contributed by atoms with E-state index in [1.54, 1.807) is 13.2 Å². The minimum Gasteiger partial charge on any atom is -0.508 e. The van der Waals surface area contributed by atoms with Crippen LogP contribution < -0.4 is 9.47 Å². The number of fused-ring (bicyclic) bond motifs is 2. The molecule has 6 nitrogen and oxygen atoms in total. The molecule has 2 aromatic carbocycles. The second-order valence-electron chi connectivity index (χ2n) is 7.21. The standard InChI is InChI=1S/C23H22ClNO5/c1-13-16(12-21-23(28)22-19(27)9-14(26)10-20(22)30-21)17-11-15(29-2)5-6-18(17)25(13)8-4-3-7-24/h5-6,9-12,26-27H,3-4,7-8H2,1-2H3/b21-12-. The first-order chi connectivity index (χ1) is 14.4. The molecule has 0 amide bonds. The highest BCUT2D eigenvalue weighted by atomic mass is 35.5. The second-order valence-corrected chi connectivity index (χ2v) is 7.59. The number of methoxy groups -OCH3 is 1. The first-order valence-electron chi connectivity index (χ1n) is 9.67. The Morgan fingerprint density at radius 2 is 2.00 bits per heavy atom. The van der Waals surface area contributed by atoms with E-state index in [0.29, 0.717) is 11.6 Å². The van der Waals surface area contributed by atoms with Crippen LogP contribution in [0.1, 0.15) is 34.5 Å². The molecule has 2 heterocycles. The van der Waals surface area contributed by atoms with Crippen molar-refractivity contribution in [3.8, 4) is 23.0 Å². The molecule has 4 rings (SSSR count). The molecule has 3 aromatic rings. The first kappa shape index (κ1) is 20.2. The minimum atomic E-state index is -0.423. The number of rotatable bonds is 6. The van der Waals surface area contributed by atoms with Crippen molar-refractivity contribution in [2.45, 2.75) is 26.3 Å². The van der Waals surface area contributed by atoms with Crippen LogP contribution in [0.4, 0.5) is 0 Å². The Hall–Kier alpha value is -3.12.